The molecule has 0 heterocycles. The summed E-state index contributed by atoms with van der Waals surface area (Å²) in [6.45, 7) is 2.04. The second-order valence-electron chi connectivity index (χ2n) is 3.75. The molecule has 0 saturated heterocycles. The SMILES string of the molecule is Cc1c(Br)cc(/C=N\Oc2ccccc2)cc1Br. The third-order valence-electron chi connectivity index (χ3n) is 2.41. The largest absolute Gasteiger partial charge is 0.357 e. The van der Waals surface area contributed by atoms with Crippen LogP contribution in [-0.2, 0) is 0 Å². The van der Waals surface area contributed by atoms with E-state index in [0.29, 0.717) is 0 Å². The second-order valence-corrected chi connectivity index (χ2v) is 5.46. The Morgan fingerprint density at radius 3 is 2.28 bits per heavy atom. The average molecular weight is 369 g/mol. The lowest BCUT2D eigenvalue weighted by Crippen LogP contribution is -1.89. The van der Waals surface area contributed by atoms with Gasteiger partial charge in [-0.15, -0.1) is 0 Å². The topological polar surface area (TPSA) is 21.6 Å². The first-order valence-corrected chi connectivity index (χ1v) is 6.96. The second kappa shape index (κ2) is 6.16. The van der Waals surface area contributed by atoms with Gasteiger partial charge in [-0.2, -0.15) is 0 Å². The van der Waals surface area contributed by atoms with Crippen LogP contribution in [0.1, 0.15) is 11.1 Å². The Labute approximate surface area is 123 Å². The van der Waals surface area contributed by atoms with Crippen molar-refractivity contribution in [1.82, 2.24) is 0 Å². The van der Waals surface area contributed by atoms with E-state index in [1.54, 1.807) is 6.21 Å². The monoisotopic (exact) mass is 367 g/mol. The summed E-state index contributed by atoms with van der Waals surface area (Å²) in [5, 5.41) is 3.96. The van der Waals surface area contributed by atoms with Crippen molar-refractivity contribution < 1.29 is 4.84 Å². The Morgan fingerprint density at radius 1 is 1.06 bits per heavy atom. The number of oxime groups is 1. The van der Waals surface area contributed by atoms with Crippen LogP contribution in [0.2, 0.25) is 0 Å². The van der Waals surface area contributed by atoms with Gasteiger partial charge in [0, 0.05) is 8.95 Å². The van der Waals surface area contributed by atoms with Crippen LogP contribution in [0.25, 0.3) is 0 Å². The van der Waals surface area contributed by atoms with Crippen molar-refractivity contribution in [3.05, 3.63) is 62.5 Å². The highest BCUT2D eigenvalue weighted by Gasteiger charge is 2.01. The van der Waals surface area contributed by atoms with Crippen LogP contribution in [-0.4, -0.2) is 6.21 Å². The highest BCUT2D eigenvalue weighted by atomic mass is 79.9. The third kappa shape index (κ3) is 3.43. The fraction of sp³-hybridized carbons (Fsp3) is 0.0714. The van der Waals surface area contributed by atoms with Crippen LogP contribution in [0.3, 0.4) is 0 Å². The molecule has 2 aromatic rings. The lowest BCUT2D eigenvalue weighted by atomic mass is 10.2. The van der Waals surface area contributed by atoms with Crippen LogP contribution < -0.4 is 4.84 Å². The van der Waals surface area contributed by atoms with Crippen LogP contribution in [0.15, 0.2) is 56.6 Å². The minimum atomic E-state index is 0.721. The molecule has 0 saturated carbocycles. The molecule has 0 amide bonds. The third-order valence-corrected chi connectivity index (χ3v) is 4.05. The van der Waals surface area contributed by atoms with Crippen molar-refractivity contribution in [2.24, 2.45) is 5.16 Å². The molecular weight excluding hydrogens is 358 g/mol. The summed E-state index contributed by atoms with van der Waals surface area (Å²) in [5.74, 6) is 0.721. The number of hydrogen-bond donors (Lipinski definition) is 0. The number of para-hydroxylation sites is 1. The minimum Gasteiger partial charge on any atom is -0.357 e. The van der Waals surface area contributed by atoms with E-state index in [2.05, 4.69) is 37.0 Å². The first-order valence-electron chi connectivity index (χ1n) is 5.38. The van der Waals surface area contributed by atoms with E-state index >= 15 is 0 Å². The summed E-state index contributed by atoms with van der Waals surface area (Å²) in [6, 6.07) is 13.5. The van der Waals surface area contributed by atoms with Crippen LogP contribution >= 0.6 is 31.9 Å². The first-order chi connectivity index (χ1) is 8.66. The molecule has 2 rings (SSSR count). The highest BCUT2D eigenvalue weighted by molar-refractivity contribution is 9.11. The average Bonchev–Trinajstić information content (AvgIpc) is 2.37. The molecule has 0 atom stereocenters. The molecule has 0 aliphatic carbocycles. The van der Waals surface area contributed by atoms with Crippen molar-refractivity contribution >= 4 is 38.1 Å². The van der Waals surface area contributed by atoms with E-state index in [-0.39, 0.29) is 0 Å². The number of halogens is 2. The predicted molar refractivity (Wildman–Crippen MR) is 81.2 cm³/mol. The summed E-state index contributed by atoms with van der Waals surface area (Å²) in [7, 11) is 0. The van der Waals surface area contributed by atoms with Crippen molar-refractivity contribution in [2.45, 2.75) is 6.92 Å². The summed E-state index contributed by atoms with van der Waals surface area (Å²) in [6.07, 6.45) is 1.68. The highest BCUT2D eigenvalue weighted by Crippen LogP contribution is 2.25. The van der Waals surface area contributed by atoms with Crippen LogP contribution in [0, 0.1) is 6.92 Å². The summed E-state index contributed by atoms with van der Waals surface area (Å²) < 4.78 is 2.08. The van der Waals surface area contributed by atoms with Gasteiger partial charge in [-0.1, -0.05) is 55.2 Å². The molecule has 0 spiro atoms. The molecule has 0 aliphatic rings. The number of benzene rings is 2. The maximum absolute atomic E-state index is 5.26. The molecule has 18 heavy (non-hydrogen) atoms. The smallest absolute Gasteiger partial charge is 0.157 e. The predicted octanol–water partition coefficient (Wildman–Crippen LogP) is 4.93. The zero-order chi connectivity index (χ0) is 13.0. The fourth-order valence-electron chi connectivity index (χ4n) is 1.37. The Balaban J connectivity index is 2.10. The van der Waals surface area contributed by atoms with Gasteiger partial charge in [-0.05, 0) is 42.3 Å². The molecule has 0 aromatic heterocycles. The Morgan fingerprint density at radius 2 is 1.67 bits per heavy atom. The van der Waals surface area contributed by atoms with E-state index < -0.39 is 0 Å². The Kier molecular flexibility index (Phi) is 4.55. The van der Waals surface area contributed by atoms with Crippen molar-refractivity contribution in [3.8, 4) is 5.75 Å². The molecule has 0 bridgehead atoms. The van der Waals surface area contributed by atoms with E-state index in [1.807, 2.05) is 49.4 Å². The van der Waals surface area contributed by atoms with E-state index in [9.17, 15) is 0 Å². The molecular formula is C14H11Br2NO. The summed E-state index contributed by atoms with van der Waals surface area (Å²) in [4.78, 5) is 5.26. The van der Waals surface area contributed by atoms with Gasteiger partial charge in [-0.25, -0.2) is 0 Å². The van der Waals surface area contributed by atoms with Gasteiger partial charge < -0.3 is 4.84 Å². The van der Waals surface area contributed by atoms with Gasteiger partial charge in [0.2, 0.25) is 0 Å². The first kappa shape index (κ1) is 13.3. The van der Waals surface area contributed by atoms with Crippen LogP contribution in [0.5, 0.6) is 5.75 Å². The molecule has 2 nitrogen and oxygen atoms in total. The van der Waals surface area contributed by atoms with Crippen molar-refractivity contribution in [1.29, 1.82) is 0 Å². The standard InChI is InChI=1S/C14H11Br2NO/c1-10-13(15)7-11(8-14(10)16)9-17-18-12-5-3-2-4-6-12/h2-9H,1H3/b17-9-. The molecule has 2 aromatic carbocycles. The lowest BCUT2D eigenvalue weighted by Gasteiger charge is -2.03. The Bertz CT molecular complexity index is 544. The number of nitrogens with zero attached hydrogens (tertiary/aromatic N) is 1. The number of rotatable bonds is 3. The molecule has 0 unspecified atom stereocenters. The van der Waals surface area contributed by atoms with E-state index in [1.165, 1.54) is 0 Å². The number of hydrogen-bond acceptors (Lipinski definition) is 2. The quantitative estimate of drug-likeness (QED) is 0.555. The normalized spacial score (nSPS) is 10.8. The molecule has 0 aliphatic heterocycles. The molecule has 4 heteroatoms. The zero-order valence-corrected chi connectivity index (χ0v) is 12.9. The zero-order valence-electron chi connectivity index (χ0n) is 9.73. The maximum atomic E-state index is 5.26. The van der Waals surface area contributed by atoms with Crippen molar-refractivity contribution in [2.75, 3.05) is 0 Å². The molecule has 0 N–H and O–H groups in total. The maximum Gasteiger partial charge on any atom is 0.157 e. The van der Waals surface area contributed by atoms with Gasteiger partial charge in [0.15, 0.2) is 5.75 Å². The molecule has 0 radical (unpaired) electrons. The summed E-state index contributed by atoms with van der Waals surface area (Å²) >= 11 is 7.00. The minimum absolute atomic E-state index is 0.721. The van der Waals surface area contributed by atoms with Gasteiger partial charge in [0.1, 0.15) is 0 Å². The Hall–Kier alpha value is -1.13. The molecule has 0 fully saturated rings. The van der Waals surface area contributed by atoms with E-state index in [4.69, 9.17) is 4.84 Å². The van der Waals surface area contributed by atoms with Crippen molar-refractivity contribution in [3.63, 3.8) is 0 Å². The van der Waals surface area contributed by atoms with Gasteiger partial charge in [0.05, 0.1) is 6.21 Å². The fourth-order valence-corrected chi connectivity index (χ4v) is 2.59. The van der Waals surface area contributed by atoms with Gasteiger partial charge in [0.25, 0.3) is 0 Å². The van der Waals surface area contributed by atoms with Gasteiger partial charge in [-0.3, -0.25) is 0 Å². The van der Waals surface area contributed by atoms with Gasteiger partial charge >= 0.3 is 0 Å². The summed E-state index contributed by atoms with van der Waals surface area (Å²) in [5.41, 5.74) is 2.13. The molecule has 92 valence electrons. The van der Waals surface area contributed by atoms with E-state index in [0.717, 1.165) is 25.8 Å². The lowest BCUT2D eigenvalue weighted by molar-refractivity contribution is 0.344. The van der Waals surface area contributed by atoms with Crippen LogP contribution in [0.4, 0.5) is 0 Å².